The van der Waals surface area contributed by atoms with Gasteiger partial charge in [0.25, 0.3) is 5.56 Å². The SMILES string of the molecule is C=CC[C@H]1C[C@H](n2cc(C)c(=O)n(Cc3ccc(OC)cc3OC)c2=O)O[C@@H]1CO[Si](C)(C)C(C)(C)C. The second-order valence-electron chi connectivity index (χ2n) is 11.3. The summed E-state index contributed by atoms with van der Waals surface area (Å²) in [6.07, 6.45) is 4.25. The van der Waals surface area contributed by atoms with Crippen LogP contribution in [0.25, 0.3) is 0 Å². The average molecular weight is 531 g/mol. The highest BCUT2D eigenvalue weighted by atomic mass is 28.4. The number of aromatic nitrogens is 2. The Balaban J connectivity index is 1.92. The topological polar surface area (TPSA) is 80.9 Å². The minimum Gasteiger partial charge on any atom is -0.497 e. The van der Waals surface area contributed by atoms with Crippen LogP contribution >= 0.6 is 0 Å². The summed E-state index contributed by atoms with van der Waals surface area (Å²) < 4.78 is 26.4. The fourth-order valence-electron chi connectivity index (χ4n) is 4.36. The number of ether oxygens (including phenoxy) is 3. The number of allylic oxidation sites excluding steroid dienone is 1. The molecule has 0 N–H and O–H groups in total. The summed E-state index contributed by atoms with van der Waals surface area (Å²) in [7, 11) is 1.16. The number of hydrogen-bond donors (Lipinski definition) is 0. The number of benzene rings is 1. The zero-order valence-electron chi connectivity index (χ0n) is 23.5. The first-order chi connectivity index (χ1) is 17.3. The molecule has 0 unspecified atom stereocenters. The van der Waals surface area contributed by atoms with Crippen LogP contribution in [-0.2, 0) is 15.7 Å². The van der Waals surface area contributed by atoms with Crippen molar-refractivity contribution in [2.45, 2.75) is 77.5 Å². The maximum Gasteiger partial charge on any atom is 0.333 e. The number of nitrogens with zero attached hydrogens (tertiary/aromatic N) is 2. The Morgan fingerprint density at radius 1 is 1.19 bits per heavy atom. The number of aryl methyl sites for hydroxylation is 1. The molecule has 0 saturated carbocycles. The van der Waals surface area contributed by atoms with Crippen LogP contribution in [0.4, 0.5) is 0 Å². The fraction of sp³-hybridized carbons (Fsp3) is 0.571. The third kappa shape index (κ3) is 6.27. The normalized spacial score (nSPS) is 20.2. The summed E-state index contributed by atoms with van der Waals surface area (Å²) in [4.78, 5) is 26.6. The minimum atomic E-state index is -1.96. The van der Waals surface area contributed by atoms with Crippen LogP contribution in [0, 0.1) is 12.8 Å². The molecular formula is C28H42N2O6Si. The van der Waals surface area contributed by atoms with Gasteiger partial charge in [-0.05, 0) is 55.9 Å². The summed E-state index contributed by atoms with van der Waals surface area (Å²) in [5.41, 5.74) is 0.424. The molecule has 1 aromatic carbocycles. The van der Waals surface area contributed by atoms with E-state index < -0.39 is 20.2 Å². The highest BCUT2D eigenvalue weighted by Gasteiger charge is 2.41. The van der Waals surface area contributed by atoms with Crippen LogP contribution in [0.5, 0.6) is 11.5 Å². The van der Waals surface area contributed by atoms with E-state index in [1.165, 1.54) is 4.57 Å². The van der Waals surface area contributed by atoms with Crippen LogP contribution in [0.1, 0.15) is 51.0 Å². The molecule has 0 bridgehead atoms. The van der Waals surface area contributed by atoms with Crippen LogP contribution in [0.3, 0.4) is 0 Å². The summed E-state index contributed by atoms with van der Waals surface area (Å²) in [6, 6.07) is 5.32. The first-order valence-corrected chi connectivity index (χ1v) is 15.7. The zero-order valence-corrected chi connectivity index (χ0v) is 24.5. The van der Waals surface area contributed by atoms with E-state index in [1.807, 2.05) is 6.08 Å². The average Bonchev–Trinajstić information content (AvgIpc) is 3.24. The van der Waals surface area contributed by atoms with Crippen molar-refractivity contribution >= 4 is 8.32 Å². The second kappa shape index (κ2) is 11.4. The van der Waals surface area contributed by atoms with Gasteiger partial charge in [-0.3, -0.25) is 13.9 Å². The maximum absolute atomic E-state index is 13.6. The van der Waals surface area contributed by atoms with Crippen molar-refractivity contribution in [1.82, 2.24) is 9.13 Å². The zero-order chi connectivity index (χ0) is 27.5. The molecule has 1 aliphatic heterocycles. The maximum atomic E-state index is 13.6. The van der Waals surface area contributed by atoms with Gasteiger partial charge >= 0.3 is 5.69 Å². The Kier molecular flexibility index (Phi) is 8.92. The lowest BCUT2D eigenvalue weighted by Gasteiger charge is -2.37. The van der Waals surface area contributed by atoms with E-state index in [2.05, 4.69) is 40.4 Å². The number of rotatable bonds is 10. The van der Waals surface area contributed by atoms with Crippen molar-refractivity contribution in [3.8, 4) is 11.5 Å². The lowest BCUT2D eigenvalue weighted by molar-refractivity contribution is -0.0304. The van der Waals surface area contributed by atoms with E-state index in [1.54, 1.807) is 50.1 Å². The molecule has 1 aromatic heterocycles. The van der Waals surface area contributed by atoms with Gasteiger partial charge in [0.15, 0.2) is 8.32 Å². The predicted octanol–water partition coefficient (Wildman–Crippen LogP) is 4.89. The molecule has 0 spiro atoms. The summed E-state index contributed by atoms with van der Waals surface area (Å²) in [5.74, 6) is 1.35. The van der Waals surface area contributed by atoms with Crippen molar-refractivity contribution < 1.29 is 18.6 Å². The lowest BCUT2D eigenvalue weighted by Crippen LogP contribution is -2.43. The number of methoxy groups -OCH3 is 2. The van der Waals surface area contributed by atoms with Crippen molar-refractivity contribution in [2.75, 3.05) is 20.8 Å². The summed E-state index contributed by atoms with van der Waals surface area (Å²) in [5, 5.41) is 0.0883. The molecule has 37 heavy (non-hydrogen) atoms. The fourth-order valence-corrected chi connectivity index (χ4v) is 5.37. The van der Waals surface area contributed by atoms with Gasteiger partial charge in [0.2, 0.25) is 0 Å². The van der Waals surface area contributed by atoms with Crippen LogP contribution < -0.4 is 20.7 Å². The molecule has 1 aliphatic rings. The molecule has 8 nitrogen and oxygen atoms in total. The smallest absolute Gasteiger partial charge is 0.333 e. The molecule has 204 valence electrons. The Morgan fingerprint density at radius 3 is 2.49 bits per heavy atom. The van der Waals surface area contributed by atoms with E-state index >= 15 is 0 Å². The molecule has 0 radical (unpaired) electrons. The number of hydrogen-bond acceptors (Lipinski definition) is 6. The quantitative estimate of drug-likeness (QED) is 0.322. The molecule has 0 aliphatic carbocycles. The van der Waals surface area contributed by atoms with Gasteiger partial charge in [-0.15, -0.1) is 6.58 Å². The Bertz CT molecular complexity index is 1230. The van der Waals surface area contributed by atoms with E-state index in [0.29, 0.717) is 35.7 Å². The van der Waals surface area contributed by atoms with E-state index in [0.717, 1.165) is 6.42 Å². The summed E-state index contributed by atoms with van der Waals surface area (Å²) >= 11 is 0. The van der Waals surface area contributed by atoms with E-state index in [-0.39, 0.29) is 29.2 Å². The molecule has 1 fully saturated rings. The van der Waals surface area contributed by atoms with Gasteiger partial charge < -0.3 is 18.6 Å². The first kappa shape index (κ1) is 28.9. The van der Waals surface area contributed by atoms with Gasteiger partial charge in [0.05, 0.1) is 33.5 Å². The third-order valence-electron chi connectivity index (χ3n) is 7.75. The highest BCUT2D eigenvalue weighted by Crippen LogP contribution is 2.39. The van der Waals surface area contributed by atoms with Gasteiger partial charge in [0, 0.05) is 23.4 Å². The van der Waals surface area contributed by atoms with E-state index in [4.69, 9.17) is 18.6 Å². The van der Waals surface area contributed by atoms with Crippen LogP contribution in [-0.4, -0.2) is 44.4 Å². The monoisotopic (exact) mass is 530 g/mol. The van der Waals surface area contributed by atoms with Crippen molar-refractivity contribution in [2.24, 2.45) is 5.92 Å². The van der Waals surface area contributed by atoms with Crippen LogP contribution in [0.2, 0.25) is 18.1 Å². The molecule has 3 rings (SSSR count). The van der Waals surface area contributed by atoms with Gasteiger partial charge in [-0.25, -0.2) is 4.79 Å². The first-order valence-electron chi connectivity index (χ1n) is 12.8. The summed E-state index contributed by atoms with van der Waals surface area (Å²) in [6.45, 7) is 17.3. The predicted molar refractivity (Wildman–Crippen MR) is 148 cm³/mol. The Hall–Kier alpha value is -2.62. The van der Waals surface area contributed by atoms with Gasteiger partial charge in [-0.1, -0.05) is 26.8 Å². The van der Waals surface area contributed by atoms with E-state index in [9.17, 15) is 9.59 Å². The Labute approximate surface area is 221 Å². The van der Waals surface area contributed by atoms with Gasteiger partial charge in [-0.2, -0.15) is 0 Å². The van der Waals surface area contributed by atoms with Crippen molar-refractivity contribution in [1.29, 1.82) is 0 Å². The van der Waals surface area contributed by atoms with Crippen LogP contribution in [0.15, 0.2) is 46.6 Å². The Morgan fingerprint density at radius 2 is 1.89 bits per heavy atom. The third-order valence-corrected chi connectivity index (χ3v) is 12.2. The molecule has 0 amide bonds. The van der Waals surface area contributed by atoms with Gasteiger partial charge in [0.1, 0.15) is 17.7 Å². The molecule has 3 atom stereocenters. The standard InChI is InChI=1S/C28H42N2O6Si/c1-10-11-20-14-25(36-24(20)18-35-37(8,9)28(3,4)5)29-16-19(2)26(31)30(27(29)32)17-21-12-13-22(33-6)15-23(21)34-7/h10,12-13,15-16,20,24-25H,1,11,14,17-18H2,2-9H3/t20-,24+,25+/m0/s1. The molecular weight excluding hydrogens is 488 g/mol. The van der Waals surface area contributed by atoms with Crippen molar-refractivity contribution in [3.63, 3.8) is 0 Å². The highest BCUT2D eigenvalue weighted by molar-refractivity contribution is 6.74. The second-order valence-corrected chi connectivity index (χ2v) is 16.1. The molecule has 2 aromatic rings. The minimum absolute atomic E-state index is 0.0766. The molecule has 1 saturated heterocycles. The molecule has 9 heteroatoms. The van der Waals surface area contributed by atoms with Crippen molar-refractivity contribution in [3.05, 3.63) is 69.0 Å². The molecule has 2 heterocycles. The lowest BCUT2D eigenvalue weighted by atomic mass is 9.97. The largest absolute Gasteiger partial charge is 0.497 e.